The first kappa shape index (κ1) is 12.5. The average molecular weight is 299 g/mol. The minimum Gasteiger partial charge on any atom is -0.294 e. The van der Waals surface area contributed by atoms with E-state index in [1.165, 1.54) is 6.33 Å². The smallest absolute Gasteiger partial charge is 0.252 e. The van der Waals surface area contributed by atoms with Gasteiger partial charge in [-0.25, -0.2) is 9.50 Å². The van der Waals surface area contributed by atoms with Crippen LogP contribution in [0.1, 0.15) is 34.0 Å². The van der Waals surface area contributed by atoms with Gasteiger partial charge in [0.2, 0.25) is 0 Å². The average Bonchev–Trinajstić information content (AvgIpc) is 2.96. The number of fused-ring (bicyclic) bond motifs is 3. The summed E-state index contributed by atoms with van der Waals surface area (Å²) >= 11 is 5.93. The van der Waals surface area contributed by atoms with Crippen molar-refractivity contribution >= 4 is 23.2 Å². The van der Waals surface area contributed by atoms with Crippen molar-refractivity contribution in [3.8, 4) is 0 Å². The summed E-state index contributed by atoms with van der Waals surface area (Å²) in [5.41, 5.74) is 2.65. The Labute approximate surface area is 125 Å². The molecule has 0 spiro atoms. The van der Waals surface area contributed by atoms with E-state index < -0.39 is 0 Å². The van der Waals surface area contributed by atoms with E-state index in [0.29, 0.717) is 22.8 Å². The number of nitrogens with zero attached hydrogens (tertiary/aromatic N) is 4. The van der Waals surface area contributed by atoms with E-state index in [1.807, 2.05) is 24.3 Å². The van der Waals surface area contributed by atoms with Crippen molar-refractivity contribution in [1.29, 1.82) is 0 Å². The lowest BCUT2D eigenvalue weighted by molar-refractivity contribution is 0.0962. The molecule has 0 saturated carbocycles. The molecule has 0 radical (unpaired) electrons. The van der Waals surface area contributed by atoms with E-state index in [4.69, 9.17) is 11.6 Å². The molecule has 4 rings (SSSR count). The fraction of sp³-hybridized carbons (Fsp3) is 0.200. The SMILES string of the molecule is O=C1CC(c2ccc(Cl)cc2)Cc2c1cnc1ncnn21. The Morgan fingerprint density at radius 1 is 1.14 bits per heavy atom. The van der Waals surface area contributed by atoms with Crippen LogP contribution in [0.4, 0.5) is 0 Å². The highest BCUT2D eigenvalue weighted by Gasteiger charge is 2.29. The van der Waals surface area contributed by atoms with Gasteiger partial charge in [0.1, 0.15) is 6.33 Å². The third kappa shape index (κ3) is 2.01. The zero-order chi connectivity index (χ0) is 14.4. The second kappa shape index (κ2) is 4.63. The van der Waals surface area contributed by atoms with Crippen molar-refractivity contribution in [2.45, 2.75) is 18.8 Å². The van der Waals surface area contributed by atoms with Crippen molar-refractivity contribution in [2.75, 3.05) is 0 Å². The molecule has 3 aromatic rings. The van der Waals surface area contributed by atoms with Crippen LogP contribution in [-0.2, 0) is 6.42 Å². The van der Waals surface area contributed by atoms with Gasteiger partial charge in [-0.3, -0.25) is 4.79 Å². The monoisotopic (exact) mass is 298 g/mol. The highest BCUT2D eigenvalue weighted by Crippen LogP contribution is 2.32. The summed E-state index contributed by atoms with van der Waals surface area (Å²) in [4.78, 5) is 20.6. The van der Waals surface area contributed by atoms with Gasteiger partial charge in [0.05, 0.1) is 11.3 Å². The quantitative estimate of drug-likeness (QED) is 0.693. The molecule has 2 heterocycles. The maximum Gasteiger partial charge on any atom is 0.252 e. The van der Waals surface area contributed by atoms with Crippen LogP contribution in [0, 0.1) is 0 Å². The summed E-state index contributed by atoms with van der Waals surface area (Å²) in [6.45, 7) is 0. The first-order chi connectivity index (χ1) is 10.2. The largest absolute Gasteiger partial charge is 0.294 e. The van der Waals surface area contributed by atoms with Crippen LogP contribution in [-0.4, -0.2) is 25.4 Å². The molecule has 21 heavy (non-hydrogen) atoms. The Kier molecular flexibility index (Phi) is 2.75. The van der Waals surface area contributed by atoms with Gasteiger partial charge in [0.15, 0.2) is 5.78 Å². The summed E-state index contributed by atoms with van der Waals surface area (Å²) in [5.74, 6) is 0.761. The minimum absolute atomic E-state index is 0.0982. The molecule has 5 nitrogen and oxygen atoms in total. The molecule has 0 amide bonds. The Bertz CT molecular complexity index is 841. The highest BCUT2D eigenvalue weighted by molar-refractivity contribution is 6.30. The van der Waals surface area contributed by atoms with Gasteiger partial charge in [0, 0.05) is 17.6 Å². The Morgan fingerprint density at radius 2 is 1.95 bits per heavy atom. The molecule has 0 N–H and O–H groups in total. The van der Waals surface area contributed by atoms with E-state index in [2.05, 4.69) is 15.1 Å². The maximum atomic E-state index is 12.4. The molecule has 0 fully saturated rings. The lowest BCUT2D eigenvalue weighted by Gasteiger charge is -2.23. The number of aromatic nitrogens is 4. The molecule has 104 valence electrons. The van der Waals surface area contributed by atoms with Crippen LogP contribution < -0.4 is 0 Å². The number of benzene rings is 1. The molecule has 2 aromatic heterocycles. The van der Waals surface area contributed by atoms with Crippen molar-refractivity contribution in [2.24, 2.45) is 0 Å². The van der Waals surface area contributed by atoms with Gasteiger partial charge in [-0.15, -0.1) is 0 Å². The number of hydrogen-bond acceptors (Lipinski definition) is 4. The van der Waals surface area contributed by atoms with Gasteiger partial charge in [-0.1, -0.05) is 23.7 Å². The van der Waals surface area contributed by atoms with Crippen molar-refractivity contribution < 1.29 is 4.79 Å². The number of hydrogen-bond donors (Lipinski definition) is 0. The lowest BCUT2D eigenvalue weighted by atomic mass is 9.82. The minimum atomic E-state index is 0.0982. The molecular weight excluding hydrogens is 288 g/mol. The molecule has 1 aliphatic rings. The van der Waals surface area contributed by atoms with Crippen LogP contribution in [0.15, 0.2) is 36.8 Å². The van der Waals surface area contributed by atoms with Gasteiger partial charge < -0.3 is 0 Å². The van der Waals surface area contributed by atoms with Crippen molar-refractivity contribution in [3.05, 3.63) is 58.6 Å². The standard InChI is InChI=1S/C15H11ClN4O/c16-11-3-1-9(2-4-11)10-5-13-12(14(21)6-10)7-17-15-18-8-19-20(13)15/h1-4,7-8,10H,5-6H2. The van der Waals surface area contributed by atoms with E-state index in [-0.39, 0.29) is 11.7 Å². The molecule has 0 bridgehead atoms. The van der Waals surface area contributed by atoms with Crippen molar-refractivity contribution in [1.82, 2.24) is 19.6 Å². The third-order valence-corrected chi connectivity index (χ3v) is 4.17. The van der Waals surface area contributed by atoms with Gasteiger partial charge >= 0.3 is 0 Å². The topological polar surface area (TPSA) is 60.2 Å². The molecule has 6 heteroatoms. The van der Waals surface area contributed by atoms with Crippen LogP contribution in [0.3, 0.4) is 0 Å². The molecule has 0 aliphatic heterocycles. The molecule has 1 atom stereocenters. The summed E-state index contributed by atoms with van der Waals surface area (Å²) in [6, 6.07) is 7.67. The third-order valence-electron chi connectivity index (χ3n) is 3.92. The molecule has 0 saturated heterocycles. The number of carbonyl (C=O) groups excluding carboxylic acids is 1. The highest BCUT2D eigenvalue weighted by atomic mass is 35.5. The lowest BCUT2D eigenvalue weighted by Crippen LogP contribution is -2.22. The van der Waals surface area contributed by atoms with Gasteiger partial charge in [0.25, 0.3) is 5.78 Å². The summed E-state index contributed by atoms with van der Waals surface area (Å²) in [6.07, 6.45) is 4.29. The van der Waals surface area contributed by atoms with Crippen molar-refractivity contribution in [3.63, 3.8) is 0 Å². The van der Waals surface area contributed by atoms with E-state index in [9.17, 15) is 4.79 Å². The number of carbonyl (C=O) groups is 1. The zero-order valence-electron chi connectivity index (χ0n) is 11.0. The van der Waals surface area contributed by atoms with Crippen LogP contribution in [0.5, 0.6) is 0 Å². The van der Waals surface area contributed by atoms with Crippen LogP contribution in [0.25, 0.3) is 5.78 Å². The first-order valence-electron chi connectivity index (χ1n) is 6.68. The maximum absolute atomic E-state index is 12.4. The zero-order valence-corrected chi connectivity index (χ0v) is 11.8. The molecule has 1 unspecified atom stereocenters. The second-order valence-corrected chi connectivity index (χ2v) is 5.61. The fourth-order valence-electron chi connectivity index (χ4n) is 2.86. The molecule has 1 aliphatic carbocycles. The summed E-state index contributed by atoms with van der Waals surface area (Å²) in [5, 5.41) is 4.88. The van der Waals surface area contributed by atoms with E-state index in [0.717, 1.165) is 17.7 Å². The Balaban J connectivity index is 1.81. The molecular formula is C15H11ClN4O. The normalized spacial score (nSPS) is 18.0. The number of Topliss-reactive ketones (excluding diaryl/α,β-unsaturated/α-hetero) is 1. The Morgan fingerprint density at radius 3 is 2.76 bits per heavy atom. The Hall–Kier alpha value is -2.27. The number of rotatable bonds is 1. The predicted octanol–water partition coefficient (Wildman–Crippen LogP) is 2.69. The van der Waals surface area contributed by atoms with Crippen LogP contribution >= 0.6 is 11.6 Å². The summed E-state index contributed by atoms with van der Waals surface area (Å²) in [7, 11) is 0. The van der Waals surface area contributed by atoms with E-state index >= 15 is 0 Å². The first-order valence-corrected chi connectivity index (χ1v) is 7.06. The van der Waals surface area contributed by atoms with Gasteiger partial charge in [-0.2, -0.15) is 10.1 Å². The van der Waals surface area contributed by atoms with Gasteiger partial charge in [-0.05, 0) is 30.0 Å². The second-order valence-electron chi connectivity index (χ2n) is 5.17. The fourth-order valence-corrected chi connectivity index (χ4v) is 2.99. The number of halogens is 1. The predicted molar refractivity (Wildman–Crippen MR) is 77.6 cm³/mol. The van der Waals surface area contributed by atoms with Crippen LogP contribution in [0.2, 0.25) is 5.02 Å². The van der Waals surface area contributed by atoms with E-state index in [1.54, 1.807) is 10.7 Å². The number of ketones is 1. The summed E-state index contributed by atoms with van der Waals surface area (Å²) < 4.78 is 1.66. The molecule has 1 aromatic carbocycles.